The van der Waals surface area contributed by atoms with Crippen LogP contribution in [0.4, 0.5) is 4.39 Å². The van der Waals surface area contributed by atoms with Gasteiger partial charge in [-0.15, -0.1) is 0 Å². The summed E-state index contributed by atoms with van der Waals surface area (Å²) in [6.45, 7) is 1.87. The first-order valence-corrected chi connectivity index (χ1v) is 10.1. The fourth-order valence-corrected chi connectivity index (χ4v) is 4.56. The molecule has 1 aliphatic rings. The molecule has 3 rings (SSSR count). The second kappa shape index (κ2) is 8.11. The number of hydrogen-bond donors (Lipinski definition) is 2. The van der Waals surface area contributed by atoms with Crippen LogP contribution in [0, 0.1) is 18.7 Å². The molecule has 0 saturated carbocycles. The van der Waals surface area contributed by atoms with Crippen LogP contribution in [0.2, 0.25) is 0 Å². The van der Waals surface area contributed by atoms with Crippen molar-refractivity contribution < 1.29 is 26.8 Å². The molecule has 1 aromatic carbocycles. The Kier molecular flexibility index (Phi) is 5.80. The molecule has 1 saturated heterocycles. The highest BCUT2D eigenvalue weighted by atomic mass is 32.2. The summed E-state index contributed by atoms with van der Waals surface area (Å²) in [5.74, 6) is -1.73. The van der Waals surface area contributed by atoms with Crippen LogP contribution in [0.3, 0.4) is 0 Å². The quantitative estimate of drug-likeness (QED) is 0.746. The summed E-state index contributed by atoms with van der Waals surface area (Å²) in [7, 11) is -3.83. The van der Waals surface area contributed by atoms with Crippen molar-refractivity contribution >= 4 is 21.8 Å². The Balaban J connectivity index is 1.62. The number of carbonyl (C=O) groups excluding carboxylic acids is 2. The summed E-state index contributed by atoms with van der Waals surface area (Å²) in [4.78, 5) is 24.4. The average Bonchev–Trinajstić information content (AvgIpc) is 3.12. The Hall–Kier alpha value is -2.72. The van der Waals surface area contributed by atoms with E-state index in [0.717, 1.165) is 12.1 Å². The number of carbonyl (C=O) groups is 2. The number of benzene rings is 1. The van der Waals surface area contributed by atoms with Crippen molar-refractivity contribution in [3.05, 3.63) is 53.7 Å². The molecule has 1 aliphatic heterocycles. The molecule has 1 atom stereocenters. The van der Waals surface area contributed by atoms with E-state index < -0.39 is 33.6 Å². The minimum Gasteiger partial charge on any atom is -0.469 e. The number of nitrogens with one attached hydrogen (secondary N) is 2. The van der Waals surface area contributed by atoms with Gasteiger partial charge in [0, 0.05) is 13.1 Å². The van der Waals surface area contributed by atoms with Crippen LogP contribution in [0.15, 0.2) is 45.9 Å². The lowest BCUT2D eigenvalue weighted by Crippen LogP contribution is -2.50. The Bertz CT molecular complexity index is 971. The van der Waals surface area contributed by atoms with E-state index in [2.05, 4.69) is 10.9 Å². The Morgan fingerprint density at radius 3 is 2.54 bits per heavy atom. The molecule has 10 heteroatoms. The fourth-order valence-electron chi connectivity index (χ4n) is 3.04. The molecular formula is C18H20FN3O5S. The number of piperidine rings is 1. The van der Waals surface area contributed by atoms with Crippen LogP contribution in [0.25, 0.3) is 0 Å². The number of sulfonamides is 1. The largest absolute Gasteiger partial charge is 0.469 e. The lowest BCUT2D eigenvalue weighted by molar-refractivity contribution is -0.126. The predicted octanol–water partition coefficient (Wildman–Crippen LogP) is 1.59. The van der Waals surface area contributed by atoms with Crippen molar-refractivity contribution in [1.82, 2.24) is 15.2 Å². The Morgan fingerprint density at radius 1 is 1.18 bits per heavy atom. The number of rotatable bonds is 4. The van der Waals surface area contributed by atoms with E-state index in [1.54, 1.807) is 6.92 Å². The number of aryl methyl sites for hydroxylation is 1. The second-order valence-electron chi connectivity index (χ2n) is 6.49. The smallest absolute Gasteiger partial charge is 0.273 e. The van der Waals surface area contributed by atoms with Gasteiger partial charge < -0.3 is 4.42 Å². The molecule has 1 fully saturated rings. The number of nitrogens with zero attached hydrogens (tertiary/aromatic N) is 1. The molecule has 0 bridgehead atoms. The van der Waals surface area contributed by atoms with E-state index in [9.17, 15) is 22.4 Å². The van der Waals surface area contributed by atoms with Gasteiger partial charge in [0.2, 0.25) is 15.9 Å². The molecule has 28 heavy (non-hydrogen) atoms. The minimum absolute atomic E-state index is 0.0217. The summed E-state index contributed by atoms with van der Waals surface area (Å²) in [6, 6.07) is 6.03. The van der Waals surface area contributed by atoms with Crippen molar-refractivity contribution in [2.45, 2.75) is 24.7 Å². The summed E-state index contributed by atoms with van der Waals surface area (Å²) in [5, 5.41) is 0. The van der Waals surface area contributed by atoms with Gasteiger partial charge in [0.15, 0.2) is 0 Å². The van der Waals surface area contributed by atoms with Gasteiger partial charge in [0.25, 0.3) is 5.91 Å². The zero-order chi connectivity index (χ0) is 20.3. The van der Waals surface area contributed by atoms with Crippen LogP contribution in [-0.4, -0.2) is 37.6 Å². The lowest BCUT2D eigenvalue weighted by Gasteiger charge is -2.31. The summed E-state index contributed by atoms with van der Waals surface area (Å²) >= 11 is 0. The van der Waals surface area contributed by atoms with Crippen LogP contribution in [0.1, 0.15) is 29.0 Å². The molecule has 2 aromatic rings. The lowest BCUT2D eigenvalue weighted by atomic mass is 9.99. The van der Waals surface area contributed by atoms with Crippen LogP contribution >= 0.6 is 0 Å². The number of halogens is 1. The molecular weight excluding hydrogens is 389 g/mol. The van der Waals surface area contributed by atoms with Crippen molar-refractivity contribution in [2.75, 3.05) is 13.1 Å². The van der Waals surface area contributed by atoms with Gasteiger partial charge in [0.05, 0.1) is 22.6 Å². The third kappa shape index (κ3) is 4.23. The first kappa shape index (κ1) is 20.0. The van der Waals surface area contributed by atoms with Gasteiger partial charge in [-0.1, -0.05) is 0 Å². The van der Waals surface area contributed by atoms with Crippen molar-refractivity contribution in [3.8, 4) is 0 Å². The number of furan rings is 1. The molecule has 2 amide bonds. The maximum absolute atomic E-state index is 13.1. The molecule has 1 unspecified atom stereocenters. The van der Waals surface area contributed by atoms with Crippen molar-refractivity contribution in [3.63, 3.8) is 0 Å². The number of hydrazine groups is 1. The SMILES string of the molecule is Cc1occc1C(=O)NNC(=O)C1CCCN(S(=O)(=O)c2ccc(F)cc2)C1. The summed E-state index contributed by atoms with van der Waals surface area (Å²) in [6.07, 6.45) is 2.35. The first-order valence-electron chi connectivity index (χ1n) is 8.69. The standard InChI is InChI=1S/C18H20FN3O5S/c1-12-16(8-10-27-12)18(24)21-20-17(23)13-3-2-9-22(11-13)28(25,26)15-6-4-14(19)5-7-15/h4-8,10,13H,2-3,9,11H2,1H3,(H,20,23)(H,21,24). The molecule has 2 N–H and O–H groups in total. The zero-order valence-corrected chi connectivity index (χ0v) is 16.0. The van der Waals surface area contributed by atoms with E-state index in [-0.39, 0.29) is 18.0 Å². The van der Waals surface area contributed by atoms with E-state index in [1.165, 1.54) is 28.8 Å². The van der Waals surface area contributed by atoms with Crippen LogP contribution in [0.5, 0.6) is 0 Å². The van der Waals surface area contributed by atoms with Gasteiger partial charge >= 0.3 is 0 Å². The van der Waals surface area contributed by atoms with E-state index in [0.29, 0.717) is 24.2 Å². The van der Waals surface area contributed by atoms with Crippen LogP contribution in [-0.2, 0) is 14.8 Å². The molecule has 2 heterocycles. The topological polar surface area (TPSA) is 109 Å². The highest BCUT2D eigenvalue weighted by Gasteiger charge is 2.33. The van der Waals surface area contributed by atoms with E-state index in [4.69, 9.17) is 4.42 Å². The van der Waals surface area contributed by atoms with Gasteiger partial charge in [-0.2, -0.15) is 4.31 Å². The average molecular weight is 409 g/mol. The zero-order valence-electron chi connectivity index (χ0n) is 15.1. The highest BCUT2D eigenvalue weighted by molar-refractivity contribution is 7.89. The molecule has 1 aromatic heterocycles. The van der Waals surface area contributed by atoms with Gasteiger partial charge in [-0.25, -0.2) is 12.8 Å². The fraction of sp³-hybridized carbons (Fsp3) is 0.333. The Morgan fingerprint density at radius 2 is 1.89 bits per heavy atom. The van der Waals surface area contributed by atoms with Crippen molar-refractivity contribution in [2.24, 2.45) is 5.92 Å². The third-order valence-corrected chi connectivity index (χ3v) is 6.49. The van der Waals surface area contributed by atoms with E-state index >= 15 is 0 Å². The maximum Gasteiger partial charge on any atom is 0.273 e. The number of amides is 2. The number of hydrogen-bond acceptors (Lipinski definition) is 5. The highest BCUT2D eigenvalue weighted by Crippen LogP contribution is 2.24. The molecule has 0 radical (unpaired) electrons. The van der Waals surface area contributed by atoms with Gasteiger partial charge in [-0.3, -0.25) is 20.4 Å². The van der Waals surface area contributed by atoms with Gasteiger partial charge in [0.1, 0.15) is 11.6 Å². The third-order valence-electron chi connectivity index (χ3n) is 4.61. The molecule has 150 valence electrons. The maximum atomic E-state index is 13.1. The Labute approximate surface area is 161 Å². The minimum atomic E-state index is -3.83. The van der Waals surface area contributed by atoms with Gasteiger partial charge in [-0.05, 0) is 50.1 Å². The molecule has 0 aliphatic carbocycles. The first-order chi connectivity index (χ1) is 13.3. The summed E-state index contributed by atoms with van der Waals surface area (Å²) < 4.78 is 44.7. The van der Waals surface area contributed by atoms with Crippen molar-refractivity contribution in [1.29, 1.82) is 0 Å². The second-order valence-corrected chi connectivity index (χ2v) is 8.43. The molecule has 0 spiro atoms. The van der Waals surface area contributed by atoms with E-state index in [1.807, 2.05) is 0 Å². The predicted molar refractivity (Wildman–Crippen MR) is 96.9 cm³/mol. The normalized spacial score (nSPS) is 17.9. The molecule has 8 nitrogen and oxygen atoms in total. The monoisotopic (exact) mass is 409 g/mol. The van der Waals surface area contributed by atoms with Crippen LogP contribution < -0.4 is 10.9 Å². The summed E-state index contributed by atoms with van der Waals surface area (Å²) in [5.41, 5.74) is 4.94.